The number of halogens is 1. The van der Waals surface area contributed by atoms with Gasteiger partial charge in [0.05, 0.1) is 6.61 Å². The summed E-state index contributed by atoms with van der Waals surface area (Å²) in [5, 5.41) is 0. The number of hydrogen-bond donors (Lipinski definition) is 0. The van der Waals surface area contributed by atoms with Crippen molar-refractivity contribution in [3.8, 4) is 11.5 Å². The monoisotopic (exact) mass is 274 g/mol. The molecule has 0 heterocycles. The summed E-state index contributed by atoms with van der Waals surface area (Å²) >= 11 is 0. The molecule has 0 spiro atoms. The van der Waals surface area contributed by atoms with E-state index in [0.29, 0.717) is 25.4 Å². The average Bonchev–Trinajstić information content (AvgIpc) is 2.49. The highest BCUT2D eigenvalue weighted by molar-refractivity contribution is 5.43. The van der Waals surface area contributed by atoms with Gasteiger partial charge in [-0.25, -0.2) is 0 Å². The summed E-state index contributed by atoms with van der Waals surface area (Å²) in [5.74, 6) is 0.122. The topological polar surface area (TPSA) is 18.5 Å². The van der Waals surface area contributed by atoms with Crippen LogP contribution in [0.3, 0.4) is 0 Å². The van der Waals surface area contributed by atoms with Gasteiger partial charge in [0.15, 0.2) is 11.5 Å². The Labute approximate surface area is 119 Å². The third-order valence-corrected chi connectivity index (χ3v) is 3.05. The highest BCUT2D eigenvalue weighted by atomic mass is 19.1. The van der Waals surface area contributed by atoms with Crippen LogP contribution in [-0.2, 0) is 13.0 Å². The Morgan fingerprint density at radius 3 is 2.35 bits per heavy atom. The molecule has 0 saturated heterocycles. The number of benzene rings is 2. The SMILES string of the molecule is CCOc1ccc(CC)c(OCc2ccccc2)c1F. The summed E-state index contributed by atoms with van der Waals surface area (Å²) in [6.45, 7) is 4.59. The maximum absolute atomic E-state index is 14.4. The van der Waals surface area contributed by atoms with E-state index in [1.807, 2.05) is 50.2 Å². The zero-order valence-corrected chi connectivity index (χ0v) is 11.9. The summed E-state index contributed by atoms with van der Waals surface area (Å²) in [7, 11) is 0. The molecule has 20 heavy (non-hydrogen) atoms. The van der Waals surface area contributed by atoms with E-state index >= 15 is 0 Å². The summed E-state index contributed by atoms with van der Waals surface area (Å²) in [6, 6.07) is 13.2. The lowest BCUT2D eigenvalue weighted by atomic mass is 10.1. The second kappa shape index (κ2) is 6.94. The van der Waals surface area contributed by atoms with Crippen molar-refractivity contribution < 1.29 is 13.9 Å². The fourth-order valence-electron chi connectivity index (χ4n) is 2.01. The maximum atomic E-state index is 14.4. The van der Waals surface area contributed by atoms with Gasteiger partial charge in [0, 0.05) is 0 Å². The minimum absolute atomic E-state index is 0.243. The molecule has 2 aromatic rings. The number of rotatable bonds is 6. The Hall–Kier alpha value is -2.03. The molecule has 0 aliphatic carbocycles. The van der Waals surface area contributed by atoms with Crippen molar-refractivity contribution in [3.05, 3.63) is 59.4 Å². The van der Waals surface area contributed by atoms with E-state index in [-0.39, 0.29) is 5.75 Å². The van der Waals surface area contributed by atoms with Crippen LogP contribution in [0.2, 0.25) is 0 Å². The molecule has 0 saturated carbocycles. The Kier molecular flexibility index (Phi) is 4.99. The highest BCUT2D eigenvalue weighted by Gasteiger charge is 2.15. The minimum atomic E-state index is -0.415. The van der Waals surface area contributed by atoms with Crippen LogP contribution in [0.15, 0.2) is 42.5 Å². The van der Waals surface area contributed by atoms with Crippen LogP contribution in [0, 0.1) is 5.82 Å². The maximum Gasteiger partial charge on any atom is 0.207 e. The van der Waals surface area contributed by atoms with Crippen LogP contribution in [0.5, 0.6) is 11.5 Å². The number of aryl methyl sites for hydroxylation is 1. The van der Waals surface area contributed by atoms with Gasteiger partial charge in [-0.15, -0.1) is 0 Å². The summed E-state index contributed by atoms with van der Waals surface area (Å²) in [5.41, 5.74) is 1.86. The molecule has 2 rings (SSSR count). The van der Waals surface area contributed by atoms with Crippen molar-refractivity contribution in [2.24, 2.45) is 0 Å². The lowest BCUT2D eigenvalue weighted by Gasteiger charge is -2.14. The van der Waals surface area contributed by atoms with Crippen molar-refractivity contribution in [3.63, 3.8) is 0 Å². The van der Waals surface area contributed by atoms with Gasteiger partial charge in [0.25, 0.3) is 0 Å². The first-order valence-electron chi connectivity index (χ1n) is 6.87. The Morgan fingerprint density at radius 1 is 0.950 bits per heavy atom. The molecule has 0 atom stereocenters. The quantitative estimate of drug-likeness (QED) is 0.779. The number of ether oxygens (including phenoxy) is 2. The normalized spacial score (nSPS) is 10.3. The van der Waals surface area contributed by atoms with Crippen LogP contribution in [0.25, 0.3) is 0 Å². The van der Waals surface area contributed by atoms with Crippen molar-refractivity contribution in [1.29, 1.82) is 0 Å². The second-order valence-corrected chi connectivity index (χ2v) is 4.43. The molecule has 2 nitrogen and oxygen atoms in total. The van der Waals surface area contributed by atoms with Gasteiger partial charge < -0.3 is 9.47 Å². The highest BCUT2D eigenvalue weighted by Crippen LogP contribution is 2.31. The third-order valence-electron chi connectivity index (χ3n) is 3.05. The van der Waals surface area contributed by atoms with Crippen molar-refractivity contribution >= 4 is 0 Å². The first-order chi connectivity index (χ1) is 9.76. The van der Waals surface area contributed by atoms with Gasteiger partial charge in [-0.2, -0.15) is 4.39 Å². The van der Waals surface area contributed by atoms with Crippen molar-refractivity contribution in [2.75, 3.05) is 6.61 Å². The summed E-state index contributed by atoms with van der Waals surface area (Å²) in [6.07, 6.45) is 0.716. The largest absolute Gasteiger partial charge is 0.491 e. The summed E-state index contributed by atoms with van der Waals surface area (Å²) < 4.78 is 25.3. The van der Waals surface area contributed by atoms with Crippen molar-refractivity contribution in [2.45, 2.75) is 26.9 Å². The Balaban J connectivity index is 2.22. The molecule has 0 aromatic heterocycles. The number of hydrogen-bond acceptors (Lipinski definition) is 2. The van der Waals surface area contributed by atoms with Crippen LogP contribution >= 0.6 is 0 Å². The van der Waals surface area contributed by atoms with Gasteiger partial charge in [-0.1, -0.05) is 43.3 Å². The standard InChI is InChI=1S/C17H19FO2/c1-3-14-10-11-15(19-4-2)16(18)17(14)20-12-13-8-6-5-7-9-13/h5-11H,3-4,12H2,1-2H3. The lowest BCUT2D eigenvalue weighted by Crippen LogP contribution is -2.03. The Bertz CT molecular complexity index is 552. The van der Waals surface area contributed by atoms with Gasteiger partial charge in [0.2, 0.25) is 5.82 Å². The molecule has 106 valence electrons. The predicted octanol–water partition coefficient (Wildman–Crippen LogP) is 4.37. The zero-order chi connectivity index (χ0) is 14.4. The van der Waals surface area contributed by atoms with Gasteiger partial charge in [-0.05, 0) is 30.5 Å². The first kappa shape index (κ1) is 14.4. The van der Waals surface area contributed by atoms with E-state index < -0.39 is 5.82 Å². The van der Waals surface area contributed by atoms with Crippen LogP contribution in [0.1, 0.15) is 25.0 Å². The Morgan fingerprint density at radius 2 is 1.70 bits per heavy atom. The lowest BCUT2D eigenvalue weighted by molar-refractivity contribution is 0.271. The molecule has 0 bridgehead atoms. The van der Waals surface area contributed by atoms with E-state index in [2.05, 4.69) is 0 Å². The molecular weight excluding hydrogens is 255 g/mol. The van der Waals surface area contributed by atoms with Gasteiger partial charge in [-0.3, -0.25) is 0 Å². The fraction of sp³-hybridized carbons (Fsp3) is 0.294. The molecule has 0 aliphatic rings. The molecule has 0 unspecified atom stereocenters. The van der Waals surface area contributed by atoms with E-state index in [1.54, 1.807) is 6.07 Å². The predicted molar refractivity (Wildman–Crippen MR) is 77.7 cm³/mol. The minimum Gasteiger partial charge on any atom is -0.491 e. The molecule has 0 N–H and O–H groups in total. The van der Waals surface area contributed by atoms with Crippen LogP contribution in [0.4, 0.5) is 4.39 Å². The molecular formula is C17H19FO2. The second-order valence-electron chi connectivity index (χ2n) is 4.43. The molecule has 0 radical (unpaired) electrons. The smallest absolute Gasteiger partial charge is 0.207 e. The van der Waals surface area contributed by atoms with Crippen molar-refractivity contribution in [1.82, 2.24) is 0 Å². The van der Waals surface area contributed by atoms with E-state index in [4.69, 9.17) is 9.47 Å². The summed E-state index contributed by atoms with van der Waals surface area (Å²) in [4.78, 5) is 0. The third kappa shape index (κ3) is 3.29. The van der Waals surface area contributed by atoms with E-state index in [1.165, 1.54) is 0 Å². The average molecular weight is 274 g/mol. The molecule has 3 heteroatoms. The fourth-order valence-corrected chi connectivity index (χ4v) is 2.01. The van der Waals surface area contributed by atoms with Crippen LogP contribution < -0.4 is 9.47 Å². The van der Waals surface area contributed by atoms with E-state index in [0.717, 1.165) is 11.1 Å². The molecule has 0 aliphatic heterocycles. The zero-order valence-electron chi connectivity index (χ0n) is 11.9. The molecule has 2 aromatic carbocycles. The van der Waals surface area contributed by atoms with Gasteiger partial charge in [0.1, 0.15) is 6.61 Å². The molecule has 0 amide bonds. The molecule has 0 fully saturated rings. The first-order valence-corrected chi connectivity index (χ1v) is 6.87. The van der Waals surface area contributed by atoms with E-state index in [9.17, 15) is 4.39 Å². The van der Waals surface area contributed by atoms with Gasteiger partial charge >= 0.3 is 0 Å². The van der Waals surface area contributed by atoms with Crippen LogP contribution in [-0.4, -0.2) is 6.61 Å².